The lowest BCUT2D eigenvalue weighted by molar-refractivity contribution is -0.137. The number of carbonyl (C=O) groups excluding carboxylic acids is 1. The van der Waals surface area contributed by atoms with Crippen LogP contribution in [0.3, 0.4) is 0 Å². The van der Waals surface area contributed by atoms with Crippen LogP contribution in [0.2, 0.25) is 0 Å². The first-order valence-electron chi connectivity index (χ1n) is 8.41. The SMILES string of the molecule is O=C(c1cnc2c(-c3cnco3)cc(C(F)(F)F)cn12)N(I)CC1CCCO1. The molecule has 0 bridgehead atoms. The van der Waals surface area contributed by atoms with Gasteiger partial charge in [-0.25, -0.2) is 9.97 Å². The fourth-order valence-corrected chi connectivity index (χ4v) is 3.79. The molecule has 7 nitrogen and oxygen atoms in total. The molecule has 3 aromatic rings. The summed E-state index contributed by atoms with van der Waals surface area (Å²) in [5, 5.41) is 0. The quantitative estimate of drug-likeness (QED) is 0.396. The summed E-state index contributed by atoms with van der Waals surface area (Å²) in [7, 11) is 0. The van der Waals surface area contributed by atoms with Gasteiger partial charge < -0.3 is 9.15 Å². The molecule has 1 atom stereocenters. The van der Waals surface area contributed by atoms with Crippen LogP contribution in [0.25, 0.3) is 17.0 Å². The number of aromatic nitrogens is 3. The molecule has 4 rings (SSSR count). The molecular weight excluding hydrogens is 492 g/mol. The minimum absolute atomic E-state index is 0.0225. The predicted molar refractivity (Wildman–Crippen MR) is 99.7 cm³/mol. The van der Waals surface area contributed by atoms with Gasteiger partial charge in [-0.05, 0) is 18.9 Å². The summed E-state index contributed by atoms with van der Waals surface area (Å²) in [5.41, 5.74) is -0.618. The van der Waals surface area contributed by atoms with Crippen molar-refractivity contribution in [2.45, 2.75) is 25.1 Å². The van der Waals surface area contributed by atoms with E-state index in [1.807, 2.05) is 22.9 Å². The predicted octanol–water partition coefficient (Wildman–Crippen LogP) is 3.98. The number of oxazole rings is 1. The van der Waals surface area contributed by atoms with Gasteiger partial charge in [-0.15, -0.1) is 0 Å². The molecular formula is C17H14F3IN4O3. The van der Waals surface area contributed by atoms with E-state index in [9.17, 15) is 18.0 Å². The third kappa shape index (κ3) is 3.60. The second-order valence-corrected chi connectivity index (χ2v) is 7.49. The van der Waals surface area contributed by atoms with Crippen LogP contribution in [0, 0.1) is 0 Å². The number of carbonyl (C=O) groups is 1. The highest BCUT2D eigenvalue weighted by Gasteiger charge is 2.33. The van der Waals surface area contributed by atoms with Gasteiger partial charge in [0.2, 0.25) is 0 Å². The summed E-state index contributed by atoms with van der Waals surface area (Å²) in [6, 6.07) is 0.936. The van der Waals surface area contributed by atoms with Crippen molar-refractivity contribution in [3.05, 3.63) is 42.3 Å². The minimum Gasteiger partial charge on any atom is -0.443 e. The molecule has 148 valence electrons. The van der Waals surface area contributed by atoms with E-state index in [1.165, 1.54) is 15.5 Å². The van der Waals surface area contributed by atoms with E-state index in [2.05, 4.69) is 9.97 Å². The number of hydrogen-bond donors (Lipinski definition) is 0. The largest absolute Gasteiger partial charge is 0.443 e. The van der Waals surface area contributed by atoms with E-state index < -0.39 is 17.6 Å². The van der Waals surface area contributed by atoms with E-state index >= 15 is 0 Å². The first-order chi connectivity index (χ1) is 13.3. The molecule has 3 aromatic heterocycles. The smallest absolute Gasteiger partial charge is 0.417 e. The molecule has 0 saturated carbocycles. The van der Waals surface area contributed by atoms with Crippen molar-refractivity contribution in [3.63, 3.8) is 0 Å². The molecule has 1 aliphatic heterocycles. The lowest BCUT2D eigenvalue weighted by Crippen LogP contribution is -2.30. The maximum atomic E-state index is 13.4. The minimum atomic E-state index is -4.60. The van der Waals surface area contributed by atoms with E-state index in [0.717, 1.165) is 35.9 Å². The second-order valence-electron chi connectivity index (χ2n) is 6.33. The Morgan fingerprint density at radius 1 is 1.39 bits per heavy atom. The van der Waals surface area contributed by atoms with Crippen LogP contribution in [0.15, 0.2) is 35.5 Å². The molecule has 11 heteroatoms. The Morgan fingerprint density at radius 2 is 2.21 bits per heavy atom. The number of halogens is 4. The van der Waals surface area contributed by atoms with Crippen molar-refractivity contribution in [3.8, 4) is 11.3 Å². The highest BCUT2D eigenvalue weighted by atomic mass is 127. The zero-order chi connectivity index (χ0) is 19.9. The van der Waals surface area contributed by atoms with Crippen LogP contribution >= 0.6 is 22.9 Å². The summed E-state index contributed by atoms with van der Waals surface area (Å²) in [5.74, 6) is -0.321. The van der Waals surface area contributed by atoms with Gasteiger partial charge in [0.15, 0.2) is 12.2 Å². The van der Waals surface area contributed by atoms with Crippen LogP contribution in [0.4, 0.5) is 13.2 Å². The third-order valence-corrected chi connectivity index (χ3v) is 5.29. The standard InChI is InChI=1S/C17H14F3IN4O3/c18-17(19,20)10-4-12(14-6-22-9-28-14)15-23-5-13(24(15)7-10)16(26)25(21)8-11-2-1-3-27-11/h4-7,9,11H,1-3,8H2. The number of pyridine rings is 1. The van der Waals surface area contributed by atoms with Gasteiger partial charge in [-0.2, -0.15) is 13.2 Å². The maximum absolute atomic E-state index is 13.4. The molecule has 1 aliphatic rings. The third-order valence-electron chi connectivity index (χ3n) is 4.46. The zero-order valence-electron chi connectivity index (χ0n) is 14.3. The summed E-state index contributed by atoms with van der Waals surface area (Å²) in [6.07, 6.45) is 1.64. The van der Waals surface area contributed by atoms with Crippen molar-refractivity contribution in [1.82, 2.24) is 17.5 Å². The molecule has 4 heterocycles. The molecule has 1 unspecified atom stereocenters. The summed E-state index contributed by atoms with van der Waals surface area (Å²) < 4.78 is 53.5. The van der Waals surface area contributed by atoms with Crippen LogP contribution in [0.5, 0.6) is 0 Å². The Labute approximate surface area is 171 Å². The first kappa shape index (κ1) is 19.2. The lowest BCUT2D eigenvalue weighted by atomic mass is 10.1. The number of ether oxygens (including phenoxy) is 1. The Hall–Kier alpha value is -2.15. The van der Waals surface area contributed by atoms with Gasteiger partial charge in [0.05, 0.1) is 59.0 Å². The van der Waals surface area contributed by atoms with Crippen LogP contribution in [-0.2, 0) is 10.9 Å². The highest BCUT2D eigenvalue weighted by Crippen LogP contribution is 2.34. The van der Waals surface area contributed by atoms with Crippen molar-refractivity contribution in [2.24, 2.45) is 0 Å². The molecule has 1 saturated heterocycles. The second kappa shape index (κ2) is 7.35. The lowest BCUT2D eigenvalue weighted by Gasteiger charge is -2.18. The average molecular weight is 506 g/mol. The van der Waals surface area contributed by atoms with Gasteiger partial charge in [-0.3, -0.25) is 12.3 Å². The Balaban J connectivity index is 1.77. The molecule has 0 N–H and O–H groups in total. The average Bonchev–Trinajstić information content (AvgIpc) is 3.40. The number of nitrogens with zero attached hydrogens (tertiary/aromatic N) is 4. The summed E-state index contributed by atoms with van der Waals surface area (Å²) in [4.78, 5) is 20.8. The maximum Gasteiger partial charge on any atom is 0.417 e. The number of rotatable bonds is 4. The van der Waals surface area contributed by atoms with Crippen molar-refractivity contribution >= 4 is 34.4 Å². The van der Waals surface area contributed by atoms with Crippen molar-refractivity contribution in [2.75, 3.05) is 13.2 Å². The number of imidazole rings is 1. The van der Waals surface area contributed by atoms with Gasteiger partial charge in [0.25, 0.3) is 5.91 Å². The van der Waals surface area contributed by atoms with Gasteiger partial charge in [0.1, 0.15) is 11.3 Å². The van der Waals surface area contributed by atoms with E-state index in [-0.39, 0.29) is 28.8 Å². The molecule has 0 radical (unpaired) electrons. The molecule has 0 spiro atoms. The van der Waals surface area contributed by atoms with Crippen LogP contribution in [-0.4, -0.2) is 42.6 Å². The fraction of sp³-hybridized carbons (Fsp3) is 0.353. The Morgan fingerprint density at radius 3 is 2.86 bits per heavy atom. The van der Waals surface area contributed by atoms with E-state index in [1.54, 1.807) is 0 Å². The van der Waals surface area contributed by atoms with E-state index in [4.69, 9.17) is 9.15 Å². The molecule has 0 aromatic carbocycles. The van der Waals surface area contributed by atoms with Crippen molar-refractivity contribution < 1.29 is 27.1 Å². The monoisotopic (exact) mass is 506 g/mol. The molecule has 1 fully saturated rings. The summed E-state index contributed by atoms with van der Waals surface area (Å²) in [6.45, 7) is 0.995. The number of amides is 1. The van der Waals surface area contributed by atoms with Gasteiger partial charge >= 0.3 is 6.18 Å². The topological polar surface area (TPSA) is 72.9 Å². The fourth-order valence-electron chi connectivity index (χ4n) is 3.10. The van der Waals surface area contributed by atoms with Crippen LogP contribution < -0.4 is 0 Å². The van der Waals surface area contributed by atoms with E-state index in [0.29, 0.717) is 13.2 Å². The highest BCUT2D eigenvalue weighted by molar-refractivity contribution is 14.1. The Bertz CT molecular complexity index is 997. The first-order valence-corrected chi connectivity index (χ1v) is 9.37. The number of hydrogen-bond acceptors (Lipinski definition) is 5. The number of alkyl halides is 3. The number of fused-ring (bicyclic) bond motifs is 1. The van der Waals surface area contributed by atoms with Crippen molar-refractivity contribution in [1.29, 1.82) is 0 Å². The van der Waals surface area contributed by atoms with Crippen LogP contribution in [0.1, 0.15) is 28.9 Å². The normalized spacial score (nSPS) is 17.4. The van der Waals surface area contributed by atoms with Gasteiger partial charge in [0, 0.05) is 12.8 Å². The molecule has 28 heavy (non-hydrogen) atoms. The van der Waals surface area contributed by atoms with Gasteiger partial charge in [-0.1, -0.05) is 0 Å². The Kier molecular flexibility index (Phi) is 5.04. The zero-order valence-corrected chi connectivity index (χ0v) is 16.5. The summed E-state index contributed by atoms with van der Waals surface area (Å²) >= 11 is 1.85. The molecule has 0 aliphatic carbocycles. The molecule has 1 amide bonds.